The number of aliphatic hydroxyl groups is 1. The molecule has 2 N–H and O–H groups in total. The number of para-hydroxylation sites is 1. The summed E-state index contributed by atoms with van der Waals surface area (Å²) in [6.45, 7) is 3.66. The quantitative estimate of drug-likeness (QED) is 0.644. The van der Waals surface area contributed by atoms with E-state index in [2.05, 4.69) is 5.32 Å². The molecule has 0 spiro atoms. The highest BCUT2D eigenvalue weighted by molar-refractivity contribution is 5.68. The number of hydrogen-bond acceptors (Lipinski definition) is 5. The van der Waals surface area contributed by atoms with E-state index in [0.29, 0.717) is 5.69 Å². The van der Waals surface area contributed by atoms with Crippen LogP contribution in [-0.2, 0) is 0 Å². The van der Waals surface area contributed by atoms with Gasteiger partial charge in [-0.1, -0.05) is 18.9 Å². The van der Waals surface area contributed by atoms with E-state index in [1.165, 1.54) is 0 Å². The summed E-state index contributed by atoms with van der Waals surface area (Å²) in [7, 11) is 0. The molecule has 0 heterocycles. The van der Waals surface area contributed by atoms with Crippen LogP contribution in [0.2, 0.25) is 0 Å². The van der Waals surface area contributed by atoms with Crippen molar-refractivity contribution in [2.24, 2.45) is 0 Å². The molecule has 6 heteroatoms. The number of anilines is 1. The molecule has 1 aromatic carbocycles. The molecule has 1 fully saturated rings. The average Bonchev–Trinajstić information content (AvgIpc) is 2.40. The Morgan fingerprint density at radius 1 is 1.38 bits per heavy atom. The van der Waals surface area contributed by atoms with Crippen LogP contribution in [-0.4, -0.2) is 28.3 Å². The summed E-state index contributed by atoms with van der Waals surface area (Å²) in [5.74, 6) is 0.255. The molecule has 0 aromatic heterocycles. The highest BCUT2D eigenvalue weighted by Gasteiger charge is 2.27. The monoisotopic (exact) mass is 294 g/mol. The third kappa shape index (κ3) is 3.85. The molecule has 0 bridgehead atoms. The Morgan fingerprint density at radius 3 is 2.71 bits per heavy atom. The summed E-state index contributed by atoms with van der Waals surface area (Å²) < 4.78 is 5.52. The first-order valence-corrected chi connectivity index (χ1v) is 7.37. The predicted octanol–water partition coefficient (Wildman–Crippen LogP) is 3.10. The molecular weight excluding hydrogens is 272 g/mol. The van der Waals surface area contributed by atoms with Gasteiger partial charge in [0.15, 0.2) is 5.75 Å². The summed E-state index contributed by atoms with van der Waals surface area (Å²) in [5.41, 5.74) is 0.341. The van der Waals surface area contributed by atoms with Crippen molar-refractivity contribution in [2.75, 3.05) is 5.32 Å². The Bertz CT molecular complexity index is 504. The fraction of sp³-hybridized carbons (Fsp3) is 0.600. The number of ether oxygens (including phenoxy) is 1. The molecule has 0 aliphatic heterocycles. The van der Waals surface area contributed by atoms with Gasteiger partial charge in [-0.2, -0.15) is 0 Å². The van der Waals surface area contributed by atoms with E-state index in [9.17, 15) is 15.2 Å². The molecule has 1 saturated carbocycles. The normalized spacial score (nSPS) is 22.1. The zero-order valence-corrected chi connectivity index (χ0v) is 12.4. The van der Waals surface area contributed by atoms with Gasteiger partial charge in [0, 0.05) is 0 Å². The molecule has 1 aliphatic carbocycles. The summed E-state index contributed by atoms with van der Waals surface area (Å²) in [4.78, 5) is 10.9. The van der Waals surface area contributed by atoms with Gasteiger partial charge in [0.25, 0.3) is 0 Å². The van der Waals surface area contributed by atoms with Gasteiger partial charge in [0.05, 0.1) is 23.2 Å². The van der Waals surface area contributed by atoms with Gasteiger partial charge in [0.2, 0.25) is 0 Å². The SMILES string of the molecule is CC(C)Oc1cccc(NC2CCCCC2O)c1[N+](=O)[O-]. The lowest BCUT2D eigenvalue weighted by atomic mass is 9.92. The van der Waals surface area contributed by atoms with E-state index in [4.69, 9.17) is 4.74 Å². The van der Waals surface area contributed by atoms with Gasteiger partial charge < -0.3 is 15.2 Å². The second kappa shape index (κ2) is 6.76. The summed E-state index contributed by atoms with van der Waals surface area (Å²) in [6.07, 6.45) is 2.96. The van der Waals surface area contributed by atoms with Crippen LogP contribution in [0.25, 0.3) is 0 Å². The van der Waals surface area contributed by atoms with Crippen LogP contribution < -0.4 is 10.1 Å². The van der Waals surface area contributed by atoms with Gasteiger partial charge in [-0.25, -0.2) is 0 Å². The number of hydrogen-bond donors (Lipinski definition) is 2. The molecule has 116 valence electrons. The molecule has 0 radical (unpaired) electrons. The number of aliphatic hydroxyl groups excluding tert-OH is 1. The van der Waals surface area contributed by atoms with Crippen molar-refractivity contribution in [3.8, 4) is 5.75 Å². The second-order valence-corrected chi connectivity index (χ2v) is 5.68. The molecule has 2 atom stereocenters. The highest BCUT2D eigenvalue weighted by atomic mass is 16.6. The van der Waals surface area contributed by atoms with Gasteiger partial charge >= 0.3 is 5.69 Å². The maximum atomic E-state index is 11.4. The van der Waals surface area contributed by atoms with E-state index in [1.807, 2.05) is 13.8 Å². The number of rotatable bonds is 5. The fourth-order valence-corrected chi connectivity index (χ4v) is 2.66. The van der Waals surface area contributed by atoms with Crippen molar-refractivity contribution < 1.29 is 14.8 Å². The smallest absolute Gasteiger partial charge is 0.333 e. The van der Waals surface area contributed by atoms with Crippen molar-refractivity contribution in [1.82, 2.24) is 0 Å². The minimum Gasteiger partial charge on any atom is -0.484 e. The third-order valence-electron chi connectivity index (χ3n) is 3.61. The van der Waals surface area contributed by atoms with E-state index < -0.39 is 11.0 Å². The first-order chi connectivity index (χ1) is 9.99. The Kier molecular flexibility index (Phi) is 5.01. The van der Waals surface area contributed by atoms with Gasteiger partial charge in [0.1, 0.15) is 5.69 Å². The number of nitro benzene ring substituents is 1. The largest absolute Gasteiger partial charge is 0.484 e. The fourth-order valence-electron chi connectivity index (χ4n) is 2.66. The Balaban J connectivity index is 2.27. The predicted molar refractivity (Wildman–Crippen MR) is 80.7 cm³/mol. The van der Waals surface area contributed by atoms with Crippen LogP contribution in [0.15, 0.2) is 18.2 Å². The third-order valence-corrected chi connectivity index (χ3v) is 3.61. The molecule has 2 rings (SSSR count). The lowest BCUT2D eigenvalue weighted by Crippen LogP contribution is -2.36. The first-order valence-electron chi connectivity index (χ1n) is 7.37. The van der Waals surface area contributed by atoms with E-state index in [-0.39, 0.29) is 23.6 Å². The molecule has 1 aromatic rings. The first kappa shape index (κ1) is 15.6. The zero-order chi connectivity index (χ0) is 15.4. The standard InChI is InChI=1S/C15H22N2O4/c1-10(2)21-14-9-5-7-12(15(14)17(19)20)16-11-6-3-4-8-13(11)18/h5,7,9-11,13,16,18H,3-4,6,8H2,1-2H3. The number of nitrogens with one attached hydrogen (secondary N) is 1. The Morgan fingerprint density at radius 2 is 2.10 bits per heavy atom. The van der Waals surface area contributed by atoms with E-state index in [1.54, 1.807) is 18.2 Å². The average molecular weight is 294 g/mol. The summed E-state index contributed by atoms with van der Waals surface area (Å²) in [5, 5.41) is 24.5. The number of benzene rings is 1. The van der Waals surface area contributed by atoms with Gasteiger partial charge in [-0.15, -0.1) is 0 Å². The number of nitro groups is 1. The molecule has 2 unspecified atom stereocenters. The van der Waals surface area contributed by atoms with Crippen molar-refractivity contribution in [2.45, 2.75) is 57.8 Å². The Hall–Kier alpha value is -1.82. The summed E-state index contributed by atoms with van der Waals surface area (Å²) in [6, 6.07) is 4.84. The van der Waals surface area contributed by atoms with Crippen molar-refractivity contribution in [3.05, 3.63) is 28.3 Å². The molecule has 0 saturated heterocycles. The minimum atomic E-state index is -0.465. The van der Waals surface area contributed by atoms with Crippen LogP contribution >= 0.6 is 0 Å². The van der Waals surface area contributed by atoms with Crippen LogP contribution in [0.3, 0.4) is 0 Å². The lowest BCUT2D eigenvalue weighted by Gasteiger charge is -2.29. The topological polar surface area (TPSA) is 84.6 Å². The van der Waals surface area contributed by atoms with Gasteiger partial charge in [-0.05, 0) is 38.8 Å². The van der Waals surface area contributed by atoms with Crippen LogP contribution in [0, 0.1) is 10.1 Å². The van der Waals surface area contributed by atoms with Crippen molar-refractivity contribution >= 4 is 11.4 Å². The number of nitrogens with zero attached hydrogens (tertiary/aromatic N) is 1. The van der Waals surface area contributed by atoms with Crippen molar-refractivity contribution in [3.63, 3.8) is 0 Å². The van der Waals surface area contributed by atoms with E-state index in [0.717, 1.165) is 25.7 Å². The molecule has 1 aliphatic rings. The lowest BCUT2D eigenvalue weighted by molar-refractivity contribution is -0.385. The second-order valence-electron chi connectivity index (χ2n) is 5.68. The summed E-state index contributed by atoms with van der Waals surface area (Å²) >= 11 is 0. The molecule has 21 heavy (non-hydrogen) atoms. The van der Waals surface area contributed by atoms with Crippen LogP contribution in [0.1, 0.15) is 39.5 Å². The highest BCUT2D eigenvalue weighted by Crippen LogP contribution is 2.36. The van der Waals surface area contributed by atoms with Crippen LogP contribution in [0.5, 0.6) is 5.75 Å². The minimum absolute atomic E-state index is 0.0658. The Labute approximate surface area is 124 Å². The molecular formula is C15H22N2O4. The van der Waals surface area contributed by atoms with E-state index >= 15 is 0 Å². The maximum Gasteiger partial charge on any atom is 0.333 e. The van der Waals surface area contributed by atoms with Crippen molar-refractivity contribution in [1.29, 1.82) is 0 Å². The van der Waals surface area contributed by atoms with Gasteiger partial charge in [-0.3, -0.25) is 10.1 Å². The van der Waals surface area contributed by atoms with Crippen LogP contribution in [0.4, 0.5) is 11.4 Å². The molecule has 0 amide bonds. The molecule has 6 nitrogen and oxygen atoms in total. The maximum absolute atomic E-state index is 11.4. The zero-order valence-electron chi connectivity index (χ0n) is 12.4.